The normalized spacial score (nSPS) is 10.3. The molecule has 3 aromatic rings. The quantitative estimate of drug-likeness (QED) is 0.453. The Kier molecular flexibility index (Phi) is 10.5. The number of aryl methyl sites for hydroxylation is 4. The van der Waals surface area contributed by atoms with Crippen LogP contribution in [0.5, 0.6) is 0 Å². The van der Waals surface area contributed by atoms with Gasteiger partial charge in [-0.15, -0.1) is 0 Å². The molecule has 0 amide bonds. The third-order valence-corrected chi connectivity index (χ3v) is 5.98. The lowest BCUT2D eigenvalue weighted by Gasteiger charge is -2.11. The van der Waals surface area contributed by atoms with Crippen LogP contribution in [0.25, 0.3) is 0 Å². The van der Waals surface area contributed by atoms with Crippen molar-refractivity contribution >= 4 is 28.0 Å². The van der Waals surface area contributed by atoms with Crippen molar-refractivity contribution < 1.29 is 42.7 Å². The van der Waals surface area contributed by atoms with Crippen LogP contribution < -0.4 is 15.3 Å². The molecular formula is C26H24O9S-4. The average molecular weight is 513 g/mol. The maximum absolute atomic E-state index is 10.6. The van der Waals surface area contributed by atoms with E-state index in [1.807, 2.05) is 26.0 Å². The van der Waals surface area contributed by atoms with Crippen LogP contribution in [-0.2, 0) is 10.1 Å². The van der Waals surface area contributed by atoms with Crippen LogP contribution in [0.1, 0.15) is 58.9 Å². The van der Waals surface area contributed by atoms with E-state index in [-0.39, 0.29) is 16.7 Å². The SMILES string of the molecule is Cc1ccc(C(=O)[O-])c(C)c1.Cc1ccc(S(=O)(=O)[O-])cc1C(=O)[O-].Cc1cccc(C(=O)[O-])c1C. The Hall–Kier alpha value is -4.02. The van der Waals surface area contributed by atoms with E-state index >= 15 is 0 Å². The van der Waals surface area contributed by atoms with Crippen molar-refractivity contribution in [2.75, 3.05) is 0 Å². The smallest absolute Gasteiger partial charge is 0.124 e. The first-order valence-corrected chi connectivity index (χ1v) is 11.8. The minimum absolute atomic E-state index is 0.274. The number of hydrogen-bond donors (Lipinski definition) is 0. The van der Waals surface area contributed by atoms with E-state index in [1.54, 1.807) is 38.1 Å². The molecule has 0 aromatic heterocycles. The predicted octanol–water partition coefficient (Wildman–Crippen LogP) is 0.596. The van der Waals surface area contributed by atoms with Crippen molar-refractivity contribution in [3.05, 3.63) is 99.1 Å². The highest BCUT2D eigenvalue weighted by atomic mass is 32.2. The first kappa shape index (κ1) is 30.0. The van der Waals surface area contributed by atoms with Crippen molar-refractivity contribution in [2.45, 2.75) is 39.5 Å². The number of carboxylic acid groups (broad SMARTS) is 3. The van der Waals surface area contributed by atoms with Gasteiger partial charge in [-0.2, -0.15) is 0 Å². The fraction of sp³-hybridized carbons (Fsp3) is 0.192. The molecule has 0 radical (unpaired) electrons. The molecule has 0 bridgehead atoms. The van der Waals surface area contributed by atoms with Crippen LogP contribution in [0, 0.1) is 34.6 Å². The second-order valence-electron chi connectivity index (χ2n) is 7.86. The lowest BCUT2D eigenvalue weighted by atomic mass is 10.0. The fourth-order valence-corrected chi connectivity index (χ4v) is 3.49. The van der Waals surface area contributed by atoms with Crippen molar-refractivity contribution in [1.82, 2.24) is 0 Å². The lowest BCUT2D eigenvalue weighted by molar-refractivity contribution is -0.256. The largest absolute Gasteiger partial charge is 0.744 e. The summed E-state index contributed by atoms with van der Waals surface area (Å²) in [6.45, 7) is 8.82. The van der Waals surface area contributed by atoms with Gasteiger partial charge in [-0.1, -0.05) is 48.0 Å². The molecule has 0 heterocycles. The molecule has 10 heteroatoms. The summed E-state index contributed by atoms with van der Waals surface area (Å²) >= 11 is 0. The molecule has 3 aromatic carbocycles. The fourth-order valence-electron chi connectivity index (χ4n) is 2.99. The Labute approximate surface area is 209 Å². The zero-order valence-electron chi connectivity index (χ0n) is 20.3. The van der Waals surface area contributed by atoms with E-state index in [0.29, 0.717) is 5.56 Å². The molecule has 0 saturated carbocycles. The summed E-state index contributed by atoms with van der Waals surface area (Å²) in [5.41, 5.74) is 4.19. The summed E-state index contributed by atoms with van der Waals surface area (Å²) in [6, 6.07) is 13.4. The molecule has 3 rings (SSSR count). The van der Waals surface area contributed by atoms with Crippen LogP contribution in [0.3, 0.4) is 0 Å². The van der Waals surface area contributed by atoms with Gasteiger partial charge in [0.25, 0.3) is 0 Å². The van der Waals surface area contributed by atoms with Gasteiger partial charge in [0.2, 0.25) is 0 Å². The second-order valence-corrected chi connectivity index (χ2v) is 9.24. The van der Waals surface area contributed by atoms with E-state index in [2.05, 4.69) is 0 Å². The Morgan fingerprint density at radius 3 is 1.61 bits per heavy atom. The van der Waals surface area contributed by atoms with Crippen molar-refractivity contribution in [1.29, 1.82) is 0 Å². The Morgan fingerprint density at radius 1 is 0.611 bits per heavy atom. The molecule has 0 spiro atoms. The van der Waals surface area contributed by atoms with E-state index in [1.165, 1.54) is 13.0 Å². The minimum Gasteiger partial charge on any atom is -0.744 e. The van der Waals surface area contributed by atoms with Gasteiger partial charge in [0.05, 0.1) is 22.8 Å². The van der Waals surface area contributed by atoms with Gasteiger partial charge in [0.1, 0.15) is 10.1 Å². The first-order valence-electron chi connectivity index (χ1n) is 10.4. The second kappa shape index (κ2) is 12.6. The van der Waals surface area contributed by atoms with Gasteiger partial charge in [-0.25, -0.2) is 8.42 Å². The highest BCUT2D eigenvalue weighted by Crippen LogP contribution is 2.14. The van der Waals surface area contributed by atoms with Crippen LogP contribution in [0.15, 0.2) is 59.5 Å². The third kappa shape index (κ3) is 8.64. The van der Waals surface area contributed by atoms with Gasteiger partial charge in [0, 0.05) is 16.7 Å². The molecule has 0 aliphatic heterocycles. The summed E-state index contributed by atoms with van der Waals surface area (Å²) in [5, 5.41) is 31.4. The number of carboxylic acids is 3. The molecule has 0 fully saturated rings. The van der Waals surface area contributed by atoms with Gasteiger partial charge in [-0.3, -0.25) is 0 Å². The summed E-state index contributed by atoms with van der Waals surface area (Å²) in [5.74, 6) is -3.72. The number of rotatable bonds is 4. The molecule has 0 aliphatic rings. The molecule has 0 N–H and O–H groups in total. The maximum Gasteiger partial charge on any atom is 0.124 e. The highest BCUT2D eigenvalue weighted by molar-refractivity contribution is 7.85. The van der Waals surface area contributed by atoms with Gasteiger partial charge < -0.3 is 34.3 Å². The van der Waals surface area contributed by atoms with E-state index < -0.39 is 32.9 Å². The Balaban J connectivity index is 0.000000273. The maximum atomic E-state index is 10.6. The standard InChI is InChI=1S/2C9H10O2.C8H8O5S/c1-6-3-4-8(9(10)11)7(2)5-6;1-6-4-3-5-8(7(6)2)9(10)11;1-5-2-3-6(14(11,12)13)4-7(5)8(9)10/h2*3-5H,1-2H3,(H,10,11);2-4H,1H3,(H,9,10)(H,11,12,13)/p-4. The Bertz CT molecular complexity index is 1390. The topological polar surface area (TPSA) is 178 Å². The summed E-state index contributed by atoms with van der Waals surface area (Å²) in [6.07, 6.45) is 0. The average Bonchev–Trinajstić information content (AvgIpc) is 2.75. The van der Waals surface area contributed by atoms with Crippen LogP contribution in [0.2, 0.25) is 0 Å². The van der Waals surface area contributed by atoms with Crippen molar-refractivity contribution in [2.24, 2.45) is 0 Å². The van der Waals surface area contributed by atoms with E-state index in [4.69, 9.17) is 0 Å². The number of carbonyl (C=O) groups is 3. The van der Waals surface area contributed by atoms with Gasteiger partial charge in [0.15, 0.2) is 0 Å². The van der Waals surface area contributed by atoms with Crippen LogP contribution in [0.4, 0.5) is 0 Å². The van der Waals surface area contributed by atoms with Crippen LogP contribution >= 0.6 is 0 Å². The van der Waals surface area contributed by atoms with Crippen molar-refractivity contribution in [3.63, 3.8) is 0 Å². The number of benzene rings is 3. The van der Waals surface area contributed by atoms with Crippen LogP contribution in [-0.4, -0.2) is 30.9 Å². The summed E-state index contributed by atoms with van der Waals surface area (Å²) < 4.78 is 31.7. The highest BCUT2D eigenvalue weighted by Gasteiger charge is 2.05. The molecule has 0 saturated heterocycles. The van der Waals surface area contributed by atoms with Gasteiger partial charge in [-0.05, 0) is 69.0 Å². The number of hydrogen-bond acceptors (Lipinski definition) is 9. The zero-order valence-corrected chi connectivity index (χ0v) is 21.1. The molecule has 0 atom stereocenters. The molecule has 192 valence electrons. The summed E-state index contributed by atoms with van der Waals surface area (Å²) in [7, 11) is -4.62. The molecular weight excluding hydrogens is 488 g/mol. The third-order valence-electron chi connectivity index (χ3n) is 5.14. The zero-order chi connectivity index (χ0) is 27.8. The number of carbonyl (C=O) groups excluding carboxylic acids is 3. The van der Waals surface area contributed by atoms with E-state index in [9.17, 15) is 42.7 Å². The molecule has 9 nitrogen and oxygen atoms in total. The Morgan fingerprint density at radius 2 is 1.17 bits per heavy atom. The minimum atomic E-state index is -4.62. The summed E-state index contributed by atoms with van der Waals surface area (Å²) in [4.78, 5) is 30.8. The lowest BCUT2D eigenvalue weighted by Crippen LogP contribution is -2.23. The predicted molar refractivity (Wildman–Crippen MR) is 124 cm³/mol. The van der Waals surface area contributed by atoms with Gasteiger partial charge >= 0.3 is 0 Å². The molecule has 36 heavy (non-hydrogen) atoms. The molecule has 0 aliphatic carbocycles. The first-order chi connectivity index (χ1) is 16.6. The molecule has 0 unspecified atom stereocenters. The van der Waals surface area contributed by atoms with Crippen molar-refractivity contribution in [3.8, 4) is 0 Å². The monoisotopic (exact) mass is 512 g/mol. The number of aromatic carboxylic acids is 3. The van der Waals surface area contributed by atoms with E-state index in [0.717, 1.165) is 34.4 Å².